The minimum Gasteiger partial charge on any atom is -0.461 e. The fourth-order valence-electron chi connectivity index (χ4n) is 2.56. The molecule has 0 aromatic carbocycles. The molecule has 0 saturated heterocycles. The third-order valence-corrected chi connectivity index (χ3v) is 3.76. The van der Waals surface area contributed by atoms with Crippen molar-refractivity contribution in [2.75, 3.05) is 20.1 Å². The van der Waals surface area contributed by atoms with E-state index >= 15 is 0 Å². The summed E-state index contributed by atoms with van der Waals surface area (Å²) < 4.78 is 7.10. The van der Waals surface area contributed by atoms with E-state index in [1.807, 2.05) is 38.6 Å². The number of guanidine groups is 1. The molecule has 0 unspecified atom stereocenters. The van der Waals surface area contributed by atoms with Gasteiger partial charge in [0.15, 0.2) is 11.7 Å². The average Bonchev–Trinajstić information content (AvgIpc) is 3.35. The van der Waals surface area contributed by atoms with Gasteiger partial charge in [-0.05, 0) is 19.1 Å². The summed E-state index contributed by atoms with van der Waals surface area (Å²) in [5.41, 5.74) is 1.14. The smallest absolute Gasteiger partial charge is 0.216 e. The number of halogens is 1. The summed E-state index contributed by atoms with van der Waals surface area (Å²) in [6, 6.07) is 3.65. The summed E-state index contributed by atoms with van der Waals surface area (Å²) in [7, 11) is 3.93. The van der Waals surface area contributed by atoms with Crippen molar-refractivity contribution < 1.29 is 4.42 Å². The van der Waals surface area contributed by atoms with Gasteiger partial charge in [0.2, 0.25) is 5.82 Å². The number of aromatic amines is 1. The van der Waals surface area contributed by atoms with E-state index in [9.17, 15) is 0 Å². The van der Waals surface area contributed by atoms with E-state index in [4.69, 9.17) is 4.42 Å². The van der Waals surface area contributed by atoms with Gasteiger partial charge in [0, 0.05) is 51.9 Å². The lowest BCUT2D eigenvalue weighted by atomic mass is 10.3. The third kappa shape index (κ3) is 5.81. The lowest BCUT2D eigenvalue weighted by molar-refractivity contribution is 0.476. The number of nitrogens with one attached hydrogen (secondary N) is 2. The molecule has 0 spiro atoms. The van der Waals surface area contributed by atoms with E-state index in [1.54, 1.807) is 10.9 Å². The molecule has 0 amide bonds. The Kier molecular flexibility index (Phi) is 7.82. The zero-order chi connectivity index (χ0) is 18.4. The van der Waals surface area contributed by atoms with E-state index in [0.717, 1.165) is 30.4 Å². The van der Waals surface area contributed by atoms with E-state index in [0.29, 0.717) is 24.6 Å². The van der Waals surface area contributed by atoms with Crippen LogP contribution in [0, 0.1) is 0 Å². The summed E-state index contributed by atoms with van der Waals surface area (Å²) in [5, 5.41) is 14.6. The highest BCUT2D eigenvalue weighted by Crippen LogP contribution is 2.14. The predicted molar refractivity (Wildman–Crippen MR) is 114 cm³/mol. The lowest BCUT2D eigenvalue weighted by Gasteiger charge is -2.21. The highest BCUT2D eigenvalue weighted by Gasteiger charge is 2.10. The Bertz CT molecular complexity index is 839. The normalized spacial score (nSPS) is 11.3. The van der Waals surface area contributed by atoms with Crippen molar-refractivity contribution in [3.63, 3.8) is 0 Å². The molecular formula is C17H25IN8O. The van der Waals surface area contributed by atoms with E-state index < -0.39 is 0 Å². The number of aryl methyl sites for hydroxylation is 1. The number of furan rings is 1. The molecule has 3 aromatic rings. The predicted octanol–water partition coefficient (Wildman–Crippen LogP) is 2.06. The average molecular weight is 484 g/mol. The van der Waals surface area contributed by atoms with Gasteiger partial charge < -0.3 is 14.6 Å². The van der Waals surface area contributed by atoms with E-state index in [2.05, 4.69) is 42.4 Å². The van der Waals surface area contributed by atoms with Crippen LogP contribution in [0.15, 0.2) is 40.2 Å². The van der Waals surface area contributed by atoms with Crippen molar-refractivity contribution >= 4 is 29.9 Å². The highest BCUT2D eigenvalue weighted by atomic mass is 127. The standard InChI is InChI=1S/C17H24N8O.HI/c1-4-18-17(24(2)11-13-10-20-25(3)12-13)19-8-7-15-21-16(23-22-15)14-6-5-9-26-14;/h5-6,9-10,12H,4,7-8,11H2,1-3H3,(H,18,19)(H,21,22,23);1H. The SMILES string of the molecule is CCNC(=NCCc1nc(-c2ccco2)n[nH]1)N(C)Cc1cnn(C)c1.I. The molecule has 9 nitrogen and oxygen atoms in total. The molecule has 146 valence electrons. The zero-order valence-corrected chi connectivity index (χ0v) is 18.0. The summed E-state index contributed by atoms with van der Waals surface area (Å²) in [4.78, 5) is 11.2. The molecule has 2 N–H and O–H groups in total. The Morgan fingerprint density at radius 3 is 2.96 bits per heavy atom. The molecule has 27 heavy (non-hydrogen) atoms. The van der Waals surface area contributed by atoms with Gasteiger partial charge in [0.25, 0.3) is 0 Å². The van der Waals surface area contributed by atoms with Crippen molar-refractivity contribution in [1.29, 1.82) is 0 Å². The van der Waals surface area contributed by atoms with Crippen LogP contribution >= 0.6 is 24.0 Å². The maximum atomic E-state index is 5.30. The molecule has 0 aliphatic heterocycles. The van der Waals surface area contributed by atoms with Gasteiger partial charge in [0.05, 0.1) is 12.5 Å². The molecule has 0 aliphatic carbocycles. The van der Waals surface area contributed by atoms with Crippen LogP contribution in [0.5, 0.6) is 0 Å². The largest absolute Gasteiger partial charge is 0.461 e. The first-order valence-electron chi connectivity index (χ1n) is 8.58. The summed E-state index contributed by atoms with van der Waals surface area (Å²) in [6.07, 6.45) is 6.15. The van der Waals surface area contributed by atoms with E-state index in [1.165, 1.54) is 0 Å². The lowest BCUT2D eigenvalue weighted by Crippen LogP contribution is -2.38. The van der Waals surface area contributed by atoms with Crippen LogP contribution in [-0.4, -0.2) is 56.0 Å². The fourth-order valence-corrected chi connectivity index (χ4v) is 2.56. The van der Waals surface area contributed by atoms with Gasteiger partial charge in [-0.2, -0.15) is 10.2 Å². The maximum Gasteiger partial charge on any atom is 0.216 e. The number of rotatable bonds is 7. The monoisotopic (exact) mass is 484 g/mol. The molecule has 0 bridgehead atoms. The van der Waals surface area contributed by atoms with Crippen LogP contribution in [0.25, 0.3) is 11.6 Å². The van der Waals surface area contributed by atoms with Gasteiger partial charge in [-0.3, -0.25) is 14.8 Å². The number of H-pyrrole nitrogens is 1. The van der Waals surface area contributed by atoms with Crippen molar-refractivity contribution in [3.05, 3.63) is 42.2 Å². The summed E-state index contributed by atoms with van der Waals surface area (Å²) >= 11 is 0. The van der Waals surface area contributed by atoms with Crippen LogP contribution in [0.2, 0.25) is 0 Å². The maximum absolute atomic E-state index is 5.30. The Hall–Kier alpha value is -2.37. The topological polar surface area (TPSA) is 100 Å². The zero-order valence-electron chi connectivity index (χ0n) is 15.7. The summed E-state index contributed by atoms with van der Waals surface area (Å²) in [6.45, 7) is 4.21. The first kappa shape index (κ1) is 20.9. The number of hydrogen-bond acceptors (Lipinski definition) is 5. The molecule has 0 saturated carbocycles. The first-order valence-corrected chi connectivity index (χ1v) is 8.58. The van der Waals surface area contributed by atoms with Crippen LogP contribution < -0.4 is 5.32 Å². The molecular weight excluding hydrogens is 459 g/mol. The molecule has 0 radical (unpaired) electrons. The van der Waals surface area contributed by atoms with Crippen molar-refractivity contribution in [1.82, 2.24) is 35.2 Å². The number of aromatic nitrogens is 5. The van der Waals surface area contributed by atoms with Gasteiger partial charge in [-0.15, -0.1) is 24.0 Å². The Labute approximate surface area is 175 Å². The molecule has 0 fully saturated rings. The quantitative estimate of drug-likeness (QED) is 0.303. The van der Waals surface area contributed by atoms with Crippen LogP contribution in [0.4, 0.5) is 0 Å². The fraction of sp³-hybridized carbons (Fsp3) is 0.412. The minimum atomic E-state index is 0. The molecule has 3 rings (SSSR count). The van der Waals surface area contributed by atoms with Crippen molar-refractivity contribution in [2.24, 2.45) is 12.0 Å². The third-order valence-electron chi connectivity index (χ3n) is 3.76. The molecule has 3 heterocycles. The second-order valence-electron chi connectivity index (χ2n) is 5.95. The molecule has 3 aromatic heterocycles. The van der Waals surface area contributed by atoms with E-state index in [-0.39, 0.29) is 24.0 Å². The Morgan fingerprint density at radius 1 is 1.44 bits per heavy atom. The second-order valence-corrected chi connectivity index (χ2v) is 5.95. The minimum absolute atomic E-state index is 0. The van der Waals surface area contributed by atoms with Gasteiger partial charge in [-0.25, -0.2) is 4.98 Å². The first-order chi connectivity index (χ1) is 12.7. The Morgan fingerprint density at radius 2 is 2.30 bits per heavy atom. The highest BCUT2D eigenvalue weighted by molar-refractivity contribution is 14.0. The van der Waals surface area contributed by atoms with Crippen molar-refractivity contribution in [3.8, 4) is 11.6 Å². The Balaban J connectivity index is 0.00000261. The van der Waals surface area contributed by atoms with Crippen molar-refractivity contribution in [2.45, 2.75) is 19.9 Å². The van der Waals surface area contributed by atoms with Crippen LogP contribution in [0.3, 0.4) is 0 Å². The number of nitrogens with zero attached hydrogens (tertiary/aromatic N) is 6. The van der Waals surface area contributed by atoms with Crippen LogP contribution in [-0.2, 0) is 20.0 Å². The van der Waals surface area contributed by atoms with Crippen LogP contribution in [0.1, 0.15) is 18.3 Å². The summed E-state index contributed by atoms with van der Waals surface area (Å²) in [5.74, 6) is 2.85. The molecule has 0 atom stereocenters. The molecule has 0 aliphatic rings. The van der Waals surface area contributed by atoms with Gasteiger partial charge in [0.1, 0.15) is 5.82 Å². The number of hydrogen-bond donors (Lipinski definition) is 2. The number of aliphatic imine (C=N–C) groups is 1. The van der Waals surface area contributed by atoms with Gasteiger partial charge >= 0.3 is 0 Å². The second kappa shape index (κ2) is 10.1. The van der Waals surface area contributed by atoms with Gasteiger partial charge in [-0.1, -0.05) is 0 Å². The molecule has 10 heteroatoms.